The molecule has 6 nitrogen and oxygen atoms in total. The van der Waals surface area contributed by atoms with E-state index in [1.165, 1.54) is 24.2 Å². The molecular weight excluding hydrogens is 326 g/mol. The number of hydrazone groups is 1. The van der Waals surface area contributed by atoms with Crippen LogP contribution in [0.25, 0.3) is 0 Å². The van der Waals surface area contributed by atoms with E-state index in [-0.39, 0.29) is 10.8 Å². The van der Waals surface area contributed by atoms with Crippen LogP contribution in [0.1, 0.15) is 33.7 Å². The lowest BCUT2D eigenvalue weighted by molar-refractivity contribution is 0.0696. The predicted molar refractivity (Wildman–Crippen MR) is 95.1 cm³/mol. The van der Waals surface area contributed by atoms with Gasteiger partial charge in [0.05, 0.1) is 11.8 Å². The molecule has 2 aromatic carbocycles. The number of amides is 2. The SMILES string of the molecule is C[C@@H](SNC(=O)N/N=C/c1ccccc1C(=O)O)c1ccccc1. The molecule has 0 aliphatic carbocycles. The third-order valence-electron chi connectivity index (χ3n) is 3.16. The largest absolute Gasteiger partial charge is 0.478 e. The quantitative estimate of drug-likeness (QED) is 0.426. The maximum Gasteiger partial charge on any atom is 0.345 e. The zero-order valence-corrected chi connectivity index (χ0v) is 13.8. The van der Waals surface area contributed by atoms with Gasteiger partial charge in [0.1, 0.15) is 0 Å². The Labute approximate surface area is 144 Å². The van der Waals surface area contributed by atoms with Crippen LogP contribution in [0.4, 0.5) is 4.79 Å². The number of rotatable bonds is 6. The van der Waals surface area contributed by atoms with Crippen LogP contribution < -0.4 is 10.1 Å². The summed E-state index contributed by atoms with van der Waals surface area (Å²) in [5.41, 5.74) is 3.94. The van der Waals surface area contributed by atoms with Gasteiger partial charge in [-0.05, 0) is 30.5 Å². The van der Waals surface area contributed by atoms with Crippen LogP contribution in [-0.4, -0.2) is 23.3 Å². The predicted octanol–water partition coefficient (Wildman–Crippen LogP) is 3.43. The fourth-order valence-corrected chi connectivity index (χ4v) is 2.54. The molecule has 2 rings (SSSR count). The minimum Gasteiger partial charge on any atom is -0.478 e. The molecule has 0 saturated carbocycles. The second-order valence-corrected chi connectivity index (χ2v) is 6.01. The fourth-order valence-electron chi connectivity index (χ4n) is 1.92. The molecule has 0 spiro atoms. The number of hydrogen-bond acceptors (Lipinski definition) is 4. The number of urea groups is 1. The molecule has 0 fully saturated rings. The Morgan fingerprint density at radius 1 is 1.12 bits per heavy atom. The van der Waals surface area contributed by atoms with Crippen LogP contribution >= 0.6 is 11.9 Å². The normalized spacial score (nSPS) is 11.9. The molecule has 0 heterocycles. The van der Waals surface area contributed by atoms with Gasteiger partial charge in [-0.25, -0.2) is 15.0 Å². The summed E-state index contributed by atoms with van der Waals surface area (Å²) in [6, 6.07) is 15.7. The van der Waals surface area contributed by atoms with Crippen molar-refractivity contribution in [2.24, 2.45) is 5.10 Å². The highest BCUT2D eigenvalue weighted by atomic mass is 32.2. The van der Waals surface area contributed by atoms with E-state index in [1.807, 2.05) is 37.3 Å². The van der Waals surface area contributed by atoms with Crippen LogP contribution in [0.5, 0.6) is 0 Å². The molecule has 3 N–H and O–H groups in total. The molecule has 24 heavy (non-hydrogen) atoms. The zero-order valence-electron chi connectivity index (χ0n) is 13.0. The number of nitrogens with zero attached hydrogens (tertiary/aromatic N) is 1. The van der Waals surface area contributed by atoms with Crippen molar-refractivity contribution in [2.45, 2.75) is 12.2 Å². The lowest BCUT2D eigenvalue weighted by Gasteiger charge is -2.11. The second-order valence-electron chi connectivity index (χ2n) is 4.86. The van der Waals surface area contributed by atoms with E-state index in [0.717, 1.165) is 5.56 Å². The highest BCUT2D eigenvalue weighted by Crippen LogP contribution is 2.24. The molecule has 0 bridgehead atoms. The number of carbonyl (C=O) groups excluding carboxylic acids is 1. The summed E-state index contributed by atoms with van der Waals surface area (Å²) in [5.74, 6) is -1.05. The maximum absolute atomic E-state index is 11.7. The Bertz CT molecular complexity index is 735. The van der Waals surface area contributed by atoms with Gasteiger partial charge in [0.15, 0.2) is 0 Å². The highest BCUT2D eigenvalue weighted by molar-refractivity contribution is 7.98. The van der Waals surface area contributed by atoms with Gasteiger partial charge < -0.3 is 5.11 Å². The topological polar surface area (TPSA) is 90.8 Å². The third-order valence-corrected chi connectivity index (χ3v) is 4.09. The summed E-state index contributed by atoms with van der Waals surface area (Å²) < 4.78 is 2.64. The fraction of sp³-hybridized carbons (Fsp3) is 0.118. The van der Waals surface area contributed by atoms with Crippen molar-refractivity contribution in [2.75, 3.05) is 0 Å². The number of benzene rings is 2. The Kier molecular flexibility index (Phi) is 6.39. The molecule has 0 aliphatic rings. The van der Waals surface area contributed by atoms with E-state index in [0.29, 0.717) is 5.56 Å². The summed E-state index contributed by atoms with van der Waals surface area (Å²) in [6.07, 6.45) is 1.30. The van der Waals surface area contributed by atoms with Gasteiger partial charge in [-0.3, -0.25) is 4.72 Å². The number of nitrogens with one attached hydrogen (secondary N) is 2. The van der Waals surface area contributed by atoms with Crippen molar-refractivity contribution in [3.63, 3.8) is 0 Å². The first-order valence-electron chi connectivity index (χ1n) is 7.20. The molecule has 0 saturated heterocycles. The summed E-state index contributed by atoms with van der Waals surface area (Å²) in [4.78, 5) is 22.8. The lowest BCUT2D eigenvalue weighted by Crippen LogP contribution is -2.27. The summed E-state index contributed by atoms with van der Waals surface area (Å²) in [6.45, 7) is 1.98. The maximum atomic E-state index is 11.7. The monoisotopic (exact) mass is 343 g/mol. The molecule has 0 aromatic heterocycles. The van der Waals surface area contributed by atoms with Gasteiger partial charge in [0.2, 0.25) is 0 Å². The summed E-state index contributed by atoms with van der Waals surface area (Å²) in [5, 5.41) is 12.9. The molecule has 0 radical (unpaired) electrons. The van der Waals surface area contributed by atoms with Gasteiger partial charge in [0.25, 0.3) is 0 Å². The Hall–Kier alpha value is -2.80. The lowest BCUT2D eigenvalue weighted by atomic mass is 10.1. The van der Waals surface area contributed by atoms with Gasteiger partial charge in [0, 0.05) is 10.8 Å². The van der Waals surface area contributed by atoms with Crippen molar-refractivity contribution < 1.29 is 14.7 Å². The van der Waals surface area contributed by atoms with Crippen molar-refractivity contribution >= 4 is 30.2 Å². The van der Waals surface area contributed by atoms with E-state index < -0.39 is 12.0 Å². The number of hydrogen-bond donors (Lipinski definition) is 3. The number of carboxylic acids is 1. The average Bonchev–Trinajstić information content (AvgIpc) is 2.60. The highest BCUT2D eigenvalue weighted by Gasteiger charge is 2.08. The third kappa shape index (κ3) is 5.13. The van der Waals surface area contributed by atoms with Gasteiger partial charge in [-0.1, -0.05) is 48.5 Å². The van der Waals surface area contributed by atoms with E-state index >= 15 is 0 Å². The molecule has 124 valence electrons. The first-order valence-corrected chi connectivity index (χ1v) is 8.08. The molecule has 7 heteroatoms. The summed E-state index contributed by atoms with van der Waals surface area (Å²) in [7, 11) is 0. The van der Waals surface area contributed by atoms with Crippen molar-refractivity contribution in [1.82, 2.24) is 10.1 Å². The number of aromatic carboxylic acids is 1. The molecule has 2 amide bonds. The van der Waals surface area contributed by atoms with Gasteiger partial charge >= 0.3 is 12.0 Å². The van der Waals surface area contributed by atoms with E-state index in [1.54, 1.807) is 18.2 Å². The minimum atomic E-state index is -1.05. The minimum absolute atomic E-state index is 0.0914. The molecule has 0 unspecified atom stereocenters. The van der Waals surface area contributed by atoms with E-state index in [9.17, 15) is 9.59 Å². The van der Waals surface area contributed by atoms with Crippen molar-refractivity contribution in [1.29, 1.82) is 0 Å². The van der Waals surface area contributed by atoms with E-state index in [4.69, 9.17) is 5.11 Å². The van der Waals surface area contributed by atoms with Crippen molar-refractivity contribution in [3.8, 4) is 0 Å². The smallest absolute Gasteiger partial charge is 0.345 e. The standard InChI is InChI=1S/C17H17N3O3S/c1-12(13-7-3-2-4-8-13)24-20-17(23)19-18-11-14-9-5-6-10-15(14)16(21)22/h2-12H,1H3,(H,21,22)(H2,19,20,23)/b18-11+/t12-/m1/s1. The molecule has 0 aliphatic heterocycles. The van der Waals surface area contributed by atoms with Crippen LogP contribution in [0, 0.1) is 0 Å². The first kappa shape index (κ1) is 17.6. The Morgan fingerprint density at radius 3 is 2.50 bits per heavy atom. The van der Waals surface area contributed by atoms with Gasteiger partial charge in [-0.2, -0.15) is 5.10 Å². The second kappa shape index (κ2) is 8.73. The number of carbonyl (C=O) groups is 2. The first-order chi connectivity index (χ1) is 11.6. The van der Waals surface area contributed by atoms with E-state index in [2.05, 4.69) is 15.2 Å². The van der Waals surface area contributed by atoms with Crippen LogP contribution in [0.15, 0.2) is 59.7 Å². The molecule has 2 aromatic rings. The van der Waals surface area contributed by atoms with Gasteiger partial charge in [-0.15, -0.1) is 0 Å². The Morgan fingerprint density at radius 2 is 1.79 bits per heavy atom. The molecule has 1 atom stereocenters. The van der Waals surface area contributed by atoms with Crippen LogP contribution in [0.2, 0.25) is 0 Å². The zero-order chi connectivity index (χ0) is 17.4. The van der Waals surface area contributed by atoms with Crippen molar-refractivity contribution in [3.05, 3.63) is 71.3 Å². The van der Waals surface area contributed by atoms with Crippen LogP contribution in [0.3, 0.4) is 0 Å². The Balaban J connectivity index is 1.84. The molecular formula is C17H17N3O3S. The average molecular weight is 343 g/mol. The van der Waals surface area contributed by atoms with Crippen LogP contribution in [-0.2, 0) is 0 Å². The summed E-state index contributed by atoms with van der Waals surface area (Å²) >= 11 is 1.26. The number of carboxylic acid groups (broad SMARTS) is 1.